The second kappa shape index (κ2) is 8.57. The number of nitrogens with one attached hydrogen (secondary N) is 1. The molecule has 8 nitrogen and oxygen atoms in total. The largest absolute Gasteiger partial charge is 0.462 e. The minimum absolute atomic E-state index is 0.0139. The van der Waals surface area contributed by atoms with Gasteiger partial charge >= 0.3 is 5.97 Å². The second-order valence-corrected chi connectivity index (χ2v) is 11.3. The van der Waals surface area contributed by atoms with Crippen LogP contribution in [0.2, 0.25) is 0 Å². The molecule has 1 amide bonds. The minimum Gasteiger partial charge on any atom is -0.462 e. The maximum Gasteiger partial charge on any atom is 0.338 e. The molecular formula is C20H21NO7S2. The highest BCUT2D eigenvalue weighted by Gasteiger charge is 2.38. The van der Waals surface area contributed by atoms with Crippen LogP contribution in [0.15, 0.2) is 53.4 Å². The first-order valence-corrected chi connectivity index (χ1v) is 12.6. The summed E-state index contributed by atoms with van der Waals surface area (Å²) in [7, 11) is -7.11. The topological polar surface area (TPSA) is 124 Å². The van der Waals surface area contributed by atoms with Gasteiger partial charge in [0.05, 0.1) is 33.8 Å². The van der Waals surface area contributed by atoms with Crippen LogP contribution in [0.5, 0.6) is 0 Å². The summed E-state index contributed by atoms with van der Waals surface area (Å²) in [6.07, 6.45) is 0.0781. The molecule has 1 N–H and O–H groups in total. The fraction of sp³-hybridized carbons (Fsp3) is 0.300. The van der Waals surface area contributed by atoms with E-state index in [0.717, 1.165) is 0 Å². The van der Waals surface area contributed by atoms with Crippen LogP contribution in [-0.2, 0) is 24.4 Å². The summed E-state index contributed by atoms with van der Waals surface area (Å²) in [6.45, 7) is 1.97. The average molecular weight is 452 g/mol. The number of ether oxygens (including phenoxy) is 1. The zero-order chi connectivity index (χ0) is 21.9. The fourth-order valence-corrected chi connectivity index (χ4v) is 7.46. The van der Waals surface area contributed by atoms with E-state index in [2.05, 4.69) is 5.32 Å². The number of benzene rings is 2. The smallest absolute Gasteiger partial charge is 0.338 e. The van der Waals surface area contributed by atoms with Gasteiger partial charge in [-0.05, 0) is 61.9 Å². The molecule has 3 rings (SSSR count). The summed E-state index contributed by atoms with van der Waals surface area (Å²) in [5, 5.41) is 1.70. The maximum atomic E-state index is 12.6. The van der Waals surface area contributed by atoms with Gasteiger partial charge in [0.15, 0.2) is 19.7 Å². The Bertz CT molecular complexity index is 1150. The fourth-order valence-electron chi connectivity index (χ4n) is 3.10. The number of carbonyl (C=O) groups is 2. The first-order chi connectivity index (χ1) is 14.1. The van der Waals surface area contributed by atoms with Crippen LogP contribution in [-0.4, -0.2) is 52.1 Å². The molecule has 1 atom stereocenters. The molecule has 1 fully saturated rings. The Morgan fingerprint density at radius 1 is 1.03 bits per heavy atom. The number of rotatable bonds is 6. The molecule has 0 saturated carbocycles. The van der Waals surface area contributed by atoms with E-state index in [1.54, 1.807) is 19.1 Å². The summed E-state index contributed by atoms with van der Waals surface area (Å²) >= 11 is 0. The summed E-state index contributed by atoms with van der Waals surface area (Å²) in [6, 6.07) is 11.5. The van der Waals surface area contributed by atoms with Gasteiger partial charge in [-0.25, -0.2) is 21.6 Å². The van der Waals surface area contributed by atoms with Crippen molar-refractivity contribution in [2.24, 2.45) is 0 Å². The van der Waals surface area contributed by atoms with Crippen molar-refractivity contribution in [2.75, 3.05) is 23.4 Å². The number of amides is 1. The molecule has 2 aromatic carbocycles. The van der Waals surface area contributed by atoms with Gasteiger partial charge < -0.3 is 10.1 Å². The van der Waals surface area contributed by atoms with E-state index in [-0.39, 0.29) is 35.0 Å². The minimum atomic E-state index is -3.78. The monoisotopic (exact) mass is 451 g/mol. The lowest BCUT2D eigenvalue weighted by atomic mass is 10.2. The summed E-state index contributed by atoms with van der Waals surface area (Å²) < 4.78 is 53.3. The van der Waals surface area contributed by atoms with Crippen molar-refractivity contribution in [2.45, 2.75) is 23.5 Å². The maximum absolute atomic E-state index is 12.6. The lowest BCUT2D eigenvalue weighted by molar-refractivity contribution is 0.0526. The van der Waals surface area contributed by atoms with Gasteiger partial charge in [0, 0.05) is 11.3 Å². The van der Waals surface area contributed by atoms with Crippen molar-refractivity contribution in [1.29, 1.82) is 0 Å². The lowest BCUT2D eigenvalue weighted by Gasteiger charge is -2.11. The molecule has 160 valence electrons. The van der Waals surface area contributed by atoms with Crippen molar-refractivity contribution in [3.05, 3.63) is 59.7 Å². The Balaban J connectivity index is 1.69. The van der Waals surface area contributed by atoms with E-state index in [1.165, 1.54) is 36.4 Å². The second-order valence-electron chi connectivity index (χ2n) is 6.85. The molecule has 0 radical (unpaired) electrons. The predicted octanol–water partition coefficient (Wildman–Crippen LogP) is 2.08. The van der Waals surface area contributed by atoms with E-state index in [1.807, 2.05) is 0 Å². The van der Waals surface area contributed by atoms with Gasteiger partial charge in [0.2, 0.25) is 0 Å². The summed E-state index contributed by atoms with van der Waals surface area (Å²) in [5.41, 5.74) is 1.06. The van der Waals surface area contributed by atoms with Crippen LogP contribution in [0.4, 0.5) is 5.69 Å². The zero-order valence-corrected chi connectivity index (χ0v) is 17.8. The molecule has 0 bridgehead atoms. The van der Waals surface area contributed by atoms with Gasteiger partial charge in [0.1, 0.15) is 0 Å². The molecule has 0 unspecified atom stereocenters. The van der Waals surface area contributed by atoms with E-state index in [9.17, 15) is 26.4 Å². The third-order valence-electron chi connectivity index (χ3n) is 4.73. The van der Waals surface area contributed by atoms with Crippen LogP contribution in [0.1, 0.15) is 34.1 Å². The Morgan fingerprint density at radius 2 is 1.63 bits per heavy atom. The quantitative estimate of drug-likeness (QED) is 0.667. The number of hydrogen-bond donors (Lipinski definition) is 1. The van der Waals surface area contributed by atoms with Crippen LogP contribution in [0.25, 0.3) is 0 Å². The molecular weight excluding hydrogens is 430 g/mol. The van der Waals surface area contributed by atoms with E-state index in [0.29, 0.717) is 11.3 Å². The third-order valence-corrected chi connectivity index (χ3v) is 8.92. The zero-order valence-electron chi connectivity index (χ0n) is 16.2. The molecule has 2 aromatic rings. The van der Waals surface area contributed by atoms with Crippen molar-refractivity contribution >= 4 is 37.2 Å². The van der Waals surface area contributed by atoms with Gasteiger partial charge in [-0.15, -0.1) is 0 Å². The molecule has 0 aliphatic carbocycles. The number of hydrogen-bond acceptors (Lipinski definition) is 7. The number of sulfone groups is 2. The molecule has 1 heterocycles. The van der Waals surface area contributed by atoms with E-state index >= 15 is 0 Å². The van der Waals surface area contributed by atoms with E-state index < -0.39 is 36.8 Å². The summed E-state index contributed by atoms with van der Waals surface area (Å²) in [4.78, 5) is 24.0. The van der Waals surface area contributed by atoms with Gasteiger partial charge in [-0.1, -0.05) is 0 Å². The average Bonchev–Trinajstić information content (AvgIpc) is 3.09. The normalized spacial score (nSPS) is 18.0. The number of anilines is 1. The Kier molecular flexibility index (Phi) is 6.27. The highest BCUT2D eigenvalue weighted by atomic mass is 32.2. The molecule has 1 aliphatic heterocycles. The van der Waals surface area contributed by atoms with Crippen molar-refractivity contribution in [1.82, 2.24) is 0 Å². The van der Waals surface area contributed by atoms with Gasteiger partial charge in [-0.3, -0.25) is 4.79 Å². The molecule has 10 heteroatoms. The summed E-state index contributed by atoms with van der Waals surface area (Å²) in [5.74, 6) is -1.42. The van der Waals surface area contributed by atoms with Crippen LogP contribution in [0.3, 0.4) is 0 Å². The predicted molar refractivity (Wildman–Crippen MR) is 111 cm³/mol. The van der Waals surface area contributed by atoms with Crippen molar-refractivity contribution < 1.29 is 31.2 Å². The highest BCUT2D eigenvalue weighted by molar-refractivity contribution is 7.96. The van der Waals surface area contributed by atoms with Gasteiger partial charge in [0.25, 0.3) is 5.91 Å². The standard InChI is InChI=1S/C20H21NO7S2/c1-2-28-20(23)15-3-7-16(8-4-15)21-19(22)14-5-9-17(10-6-14)30(26,27)18-11-12-29(24,25)13-18/h3-10,18H,2,11-13H2,1H3,(H,21,22)/t18-/m1/s1. The van der Waals surface area contributed by atoms with Crippen molar-refractivity contribution in [3.63, 3.8) is 0 Å². The molecule has 0 spiro atoms. The third kappa shape index (κ3) is 4.88. The Hall–Kier alpha value is -2.72. The molecule has 1 saturated heterocycles. The lowest BCUT2D eigenvalue weighted by Crippen LogP contribution is -2.22. The SMILES string of the molecule is CCOC(=O)c1ccc(NC(=O)c2ccc(S(=O)(=O)[C@@H]3CCS(=O)(=O)C3)cc2)cc1. The number of carbonyl (C=O) groups excluding carboxylic acids is 2. The number of esters is 1. The Morgan fingerprint density at radius 3 is 2.17 bits per heavy atom. The molecule has 0 aromatic heterocycles. The first kappa shape index (κ1) is 22.0. The van der Waals surface area contributed by atoms with E-state index in [4.69, 9.17) is 4.74 Å². The van der Waals surface area contributed by atoms with Crippen molar-refractivity contribution in [3.8, 4) is 0 Å². The first-order valence-electron chi connectivity index (χ1n) is 9.25. The highest BCUT2D eigenvalue weighted by Crippen LogP contribution is 2.25. The molecule has 1 aliphatic rings. The van der Waals surface area contributed by atoms with Gasteiger partial charge in [-0.2, -0.15) is 0 Å². The van der Waals surface area contributed by atoms with Crippen LogP contribution in [0, 0.1) is 0 Å². The van der Waals surface area contributed by atoms with Crippen LogP contribution < -0.4 is 5.32 Å². The van der Waals surface area contributed by atoms with Crippen LogP contribution >= 0.6 is 0 Å². The molecule has 30 heavy (non-hydrogen) atoms. The Labute approximate surface area is 175 Å².